The number of nitrogens with zero attached hydrogens (tertiary/aromatic N) is 2. The van der Waals surface area contributed by atoms with Gasteiger partial charge in [-0.05, 0) is 54.9 Å². The molecule has 2 aliphatic carbocycles. The van der Waals surface area contributed by atoms with Crippen molar-refractivity contribution >= 4 is 5.91 Å². The van der Waals surface area contributed by atoms with Gasteiger partial charge in [-0.1, -0.05) is 70.9 Å². The Morgan fingerprint density at radius 1 is 1.10 bits per heavy atom. The summed E-state index contributed by atoms with van der Waals surface area (Å²) in [6.07, 6.45) is 9.17. The lowest BCUT2D eigenvalue weighted by atomic mass is 9.59. The number of rotatable bonds is 5. The van der Waals surface area contributed by atoms with E-state index < -0.39 is 0 Å². The zero-order chi connectivity index (χ0) is 21.4. The van der Waals surface area contributed by atoms with Crippen molar-refractivity contribution in [1.29, 1.82) is 0 Å². The molecule has 1 heterocycles. The fourth-order valence-corrected chi connectivity index (χ4v) is 5.58. The first-order valence-electron chi connectivity index (χ1n) is 11.7. The fraction of sp³-hybridized carbons (Fsp3) is 0.615. The lowest BCUT2D eigenvalue weighted by molar-refractivity contribution is 0.0310. The maximum Gasteiger partial charge on any atom is 0.272 e. The van der Waals surface area contributed by atoms with Gasteiger partial charge in [-0.2, -0.15) is 5.10 Å². The van der Waals surface area contributed by atoms with Gasteiger partial charge in [-0.15, -0.1) is 0 Å². The Morgan fingerprint density at radius 2 is 1.80 bits per heavy atom. The van der Waals surface area contributed by atoms with Gasteiger partial charge in [0, 0.05) is 17.3 Å². The summed E-state index contributed by atoms with van der Waals surface area (Å²) in [5, 5.41) is 8.34. The summed E-state index contributed by atoms with van der Waals surface area (Å²) in [6, 6.07) is 10.6. The van der Waals surface area contributed by atoms with Gasteiger partial charge in [0.1, 0.15) is 0 Å². The average Bonchev–Trinajstić information content (AvgIpc) is 2.86. The highest BCUT2D eigenvalue weighted by Crippen LogP contribution is 2.48. The maximum absolute atomic E-state index is 13.6. The number of nitrogens with one attached hydrogen (secondary N) is 1. The van der Waals surface area contributed by atoms with Crippen LogP contribution in [0.1, 0.15) is 93.5 Å². The first-order valence-corrected chi connectivity index (χ1v) is 11.7. The fourth-order valence-electron chi connectivity index (χ4n) is 5.58. The molecule has 2 aliphatic rings. The first kappa shape index (κ1) is 21.1. The molecule has 0 saturated heterocycles. The summed E-state index contributed by atoms with van der Waals surface area (Å²) in [5.74, 6) is 0.0213. The Bertz CT molecular complexity index is 887. The molecule has 1 unspecified atom stereocenters. The molecule has 1 saturated carbocycles. The quantitative estimate of drug-likeness (QED) is 0.662. The zero-order valence-corrected chi connectivity index (χ0v) is 19.1. The van der Waals surface area contributed by atoms with Gasteiger partial charge in [0.15, 0.2) is 5.69 Å². The second-order valence-electron chi connectivity index (χ2n) is 10.8. The Hall–Kier alpha value is -2.10. The van der Waals surface area contributed by atoms with E-state index in [0.29, 0.717) is 5.69 Å². The van der Waals surface area contributed by atoms with Gasteiger partial charge in [0.25, 0.3) is 5.91 Å². The molecular weight excluding hydrogens is 370 g/mol. The number of carbonyl (C=O) groups is 1. The van der Waals surface area contributed by atoms with Crippen molar-refractivity contribution < 1.29 is 4.79 Å². The molecule has 1 atom stereocenters. The van der Waals surface area contributed by atoms with Crippen LogP contribution in [0.2, 0.25) is 0 Å². The molecule has 1 fully saturated rings. The topological polar surface area (TPSA) is 46.9 Å². The van der Waals surface area contributed by atoms with Crippen molar-refractivity contribution in [2.24, 2.45) is 10.8 Å². The van der Waals surface area contributed by atoms with E-state index in [1.165, 1.54) is 48.9 Å². The molecule has 1 aromatic carbocycles. The van der Waals surface area contributed by atoms with Gasteiger partial charge < -0.3 is 5.32 Å². The number of hydrogen-bond acceptors (Lipinski definition) is 2. The third kappa shape index (κ3) is 4.19. The molecule has 4 nitrogen and oxygen atoms in total. The van der Waals surface area contributed by atoms with Crippen molar-refractivity contribution in [3.63, 3.8) is 0 Å². The van der Waals surface area contributed by atoms with E-state index in [1.807, 2.05) is 6.07 Å². The molecule has 0 aliphatic heterocycles. The SMILES string of the molecule is CC(C)(C)C(NC(=O)c1nn(Cc2ccccc2)c2c1CCCCC2)C1(C)CCC1. The van der Waals surface area contributed by atoms with E-state index in [1.54, 1.807) is 0 Å². The van der Waals surface area contributed by atoms with Gasteiger partial charge in [-0.3, -0.25) is 9.48 Å². The van der Waals surface area contributed by atoms with E-state index in [2.05, 4.69) is 62.0 Å². The van der Waals surface area contributed by atoms with Gasteiger partial charge >= 0.3 is 0 Å². The molecule has 0 radical (unpaired) electrons. The highest BCUT2D eigenvalue weighted by molar-refractivity contribution is 5.94. The van der Waals surface area contributed by atoms with Crippen molar-refractivity contribution in [1.82, 2.24) is 15.1 Å². The number of fused-ring (bicyclic) bond motifs is 1. The minimum Gasteiger partial charge on any atom is -0.347 e. The van der Waals surface area contributed by atoms with Crippen molar-refractivity contribution in [2.75, 3.05) is 0 Å². The minimum atomic E-state index is 0.0213. The predicted molar refractivity (Wildman–Crippen MR) is 122 cm³/mol. The van der Waals surface area contributed by atoms with Crippen LogP contribution in [-0.4, -0.2) is 21.7 Å². The van der Waals surface area contributed by atoms with E-state index in [0.717, 1.165) is 25.8 Å². The Balaban J connectivity index is 1.65. The van der Waals surface area contributed by atoms with Crippen LogP contribution in [0.15, 0.2) is 30.3 Å². The van der Waals surface area contributed by atoms with Crippen LogP contribution in [-0.2, 0) is 19.4 Å². The maximum atomic E-state index is 13.6. The number of carbonyl (C=O) groups excluding carboxylic acids is 1. The van der Waals surface area contributed by atoms with E-state index in [-0.39, 0.29) is 22.8 Å². The Morgan fingerprint density at radius 3 is 2.43 bits per heavy atom. The van der Waals surface area contributed by atoms with Crippen LogP contribution in [0.5, 0.6) is 0 Å². The second kappa shape index (κ2) is 8.20. The molecule has 2 aromatic rings. The molecule has 30 heavy (non-hydrogen) atoms. The molecule has 4 rings (SSSR count). The standard InChI is InChI=1S/C26H37N3O/c1-25(2,3)24(26(4)16-11-17-26)27-23(30)22-20-14-9-6-10-15-21(20)29(28-22)18-19-12-7-5-8-13-19/h5,7-8,12-13,24H,6,9-11,14-18H2,1-4H3,(H,27,30). The monoisotopic (exact) mass is 407 g/mol. The summed E-state index contributed by atoms with van der Waals surface area (Å²) in [4.78, 5) is 13.6. The highest BCUT2D eigenvalue weighted by Gasteiger charge is 2.46. The smallest absolute Gasteiger partial charge is 0.272 e. The lowest BCUT2D eigenvalue weighted by Crippen LogP contribution is -2.56. The van der Waals surface area contributed by atoms with Crippen LogP contribution in [0.25, 0.3) is 0 Å². The van der Waals surface area contributed by atoms with Crippen LogP contribution in [0, 0.1) is 10.8 Å². The zero-order valence-electron chi connectivity index (χ0n) is 19.1. The highest BCUT2D eigenvalue weighted by atomic mass is 16.2. The van der Waals surface area contributed by atoms with Gasteiger partial charge in [0.2, 0.25) is 0 Å². The van der Waals surface area contributed by atoms with E-state index in [9.17, 15) is 4.79 Å². The minimum absolute atomic E-state index is 0.0213. The summed E-state index contributed by atoms with van der Waals surface area (Å²) in [5.41, 5.74) is 4.57. The lowest BCUT2D eigenvalue weighted by Gasteiger charge is -2.50. The van der Waals surface area contributed by atoms with Crippen molar-refractivity contribution in [3.8, 4) is 0 Å². The van der Waals surface area contributed by atoms with Gasteiger partial charge in [0.05, 0.1) is 6.54 Å². The first-order chi connectivity index (χ1) is 14.3. The summed E-state index contributed by atoms with van der Waals surface area (Å²) in [7, 11) is 0. The molecule has 162 valence electrons. The Kier molecular flexibility index (Phi) is 5.78. The molecular formula is C26H37N3O. The summed E-state index contributed by atoms with van der Waals surface area (Å²) in [6.45, 7) is 9.81. The largest absolute Gasteiger partial charge is 0.347 e. The second-order valence-corrected chi connectivity index (χ2v) is 10.8. The summed E-state index contributed by atoms with van der Waals surface area (Å²) < 4.78 is 2.10. The van der Waals surface area contributed by atoms with Crippen molar-refractivity contribution in [3.05, 3.63) is 52.8 Å². The predicted octanol–water partition coefficient (Wildman–Crippen LogP) is 5.54. The van der Waals surface area contributed by atoms with Crippen molar-refractivity contribution in [2.45, 2.75) is 91.6 Å². The molecule has 4 heteroatoms. The van der Waals surface area contributed by atoms with E-state index in [4.69, 9.17) is 5.10 Å². The average molecular weight is 408 g/mol. The molecule has 1 N–H and O–H groups in total. The number of amides is 1. The normalized spacial score (nSPS) is 19.3. The summed E-state index contributed by atoms with van der Waals surface area (Å²) >= 11 is 0. The number of aromatic nitrogens is 2. The Labute approximate surface area is 181 Å². The van der Waals surface area contributed by atoms with Gasteiger partial charge in [-0.25, -0.2) is 0 Å². The molecule has 0 spiro atoms. The van der Waals surface area contributed by atoms with Crippen LogP contribution >= 0.6 is 0 Å². The number of benzene rings is 1. The van der Waals surface area contributed by atoms with Crippen LogP contribution < -0.4 is 5.32 Å². The third-order valence-corrected chi connectivity index (χ3v) is 7.23. The van der Waals surface area contributed by atoms with Crippen LogP contribution in [0.4, 0.5) is 0 Å². The molecule has 0 bridgehead atoms. The third-order valence-electron chi connectivity index (χ3n) is 7.23. The molecule has 1 aromatic heterocycles. The molecule has 1 amide bonds. The number of hydrogen-bond donors (Lipinski definition) is 1. The van der Waals surface area contributed by atoms with Crippen LogP contribution in [0.3, 0.4) is 0 Å². The van der Waals surface area contributed by atoms with E-state index >= 15 is 0 Å².